The lowest BCUT2D eigenvalue weighted by Gasteiger charge is -2.32. The fourth-order valence-electron chi connectivity index (χ4n) is 2.91. The number of aryl methyl sites for hydroxylation is 1. The number of thiazole rings is 1. The van der Waals surface area contributed by atoms with E-state index in [4.69, 9.17) is 11.6 Å². The summed E-state index contributed by atoms with van der Waals surface area (Å²) in [5.41, 5.74) is 1.73. The number of piperidine rings is 1. The summed E-state index contributed by atoms with van der Waals surface area (Å²) in [6, 6.07) is 3.00. The van der Waals surface area contributed by atoms with E-state index in [1.54, 1.807) is 6.07 Å². The molecule has 0 aliphatic carbocycles. The average Bonchev–Trinajstić information content (AvgIpc) is 2.95. The first kappa shape index (κ1) is 17.6. The van der Waals surface area contributed by atoms with E-state index in [0.717, 1.165) is 34.9 Å². The first-order chi connectivity index (χ1) is 11.3. The summed E-state index contributed by atoms with van der Waals surface area (Å²) in [6.07, 6.45) is 3.25. The van der Waals surface area contributed by atoms with Crippen molar-refractivity contribution in [2.45, 2.75) is 32.2 Å². The summed E-state index contributed by atoms with van der Waals surface area (Å²) < 4.78 is 25.9. The fourth-order valence-corrected chi connectivity index (χ4v) is 5.25. The van der Waals surface area contributed by atoms with Crippen molar-refractivity contribution < 1.29 is 13.2 Å². The smallest absolute Gasteiger partial charge is 0.244 e. The van der Waals surface area contributed by atoms with E-state index in [1.807, 2.05) is 13.0 Å². The SMILES string of the molecule is Cc1ccc(Cl)c2sc(NC(=O)[C@@H]3CCCCN3S(C)(=O)=O)nc12. The normalized spacial score (nSPS) is 19.5. The molecule has 130 valence electrons. The number of anilines is 1. The number of hydrogen-bond acceptors (Lipinski definition) is 5. The maximum absolute atomic E-state index is 12.6. The molecule has 1 amide bonds. The molecule has 0 unspecified atom stereocenters. The minimum absolute atomic E-state index is 0.340. The second-order valence-electron chi connectivity index (χ2n) is 5.94. The van der Waals surface area contributed by atoms with Crippen LogP contribution in [-0.4, -0.2) is 42.5 Å². The monoisotopic (exact) mass is 387 g/mol. The molecule has 0 radical (unpaired) electrons. The van der Waals surface area contributed by atoms with Gasteiger partial charge in [-0.25, -0.2) is 13.4 Å². The van der Waals surface area contributed by atoms with E-state index in [2.05, 4.69) is 10.3 Å². The Labute approximate surface area is 149 Å². The van der Waals surface area contributed by atoms with Crippen molar-refractivity contribution in [1.82, 2.24) is 9.29 Å². The second-order valence-corrected chi connectivity index (χ2v) is 9.28. The number of fused-ring (bicyclic) bond motifs is 1. The highest BCUT2D eigenvalue weighted by Gasteiger charge is 2.34. The van der Waals surface area contributed by atoms with Crippen LogP contribution in [0.1, 0.15) is 24.8 Å². The van der Waals surface area contributed by atoms with Gasteiger partial charge in [0.05, 0.1) is 21.5 Å². The molecule has 1 fully saturated rings. The van der Waals surface area contributed by atoms with Crippen LogP contribution in [0.3, 0.4) is 0 Å². The Morgan fingerprint density at radius 1 is 1.42 bits per heavy atom. The van der Waals surface area contributed by atoms with Crippen LogP contribution >= 0.6 is 22.9 Å². The third-order valence-electron chi connectivity index (χ3n) is 4.11. The molecule has 1 N–H and O–H groups in total. The van der Waals surface area contributed by atoms with Crippen molar-refractivity contribution in [3.8, 4) is 0 Å². The molecule has 1 aromatic heterocycles. The van der Waals surface area contributed by atoms with Crippen molar-refractivity contribution >= 4 is 54.2 Å². The second kappa shape index (κ2) is 6.59. The molecule has 2 heterocycles. The quantitative estimate of drug-likeness (QED) is 0.877. The van der Waals surface area contributed by atoms with Crippen molar-refractivity contribution in [2.24, 2.45) is 0 Å². The maximum atomic E-state index is 12.6. The lowest BCUT2D eigenvalue weighted by molar-refractivity contribution is -0.120. The molecule has 1 aliphatic rings. The predicted octanol–water partition coefficient (Wildman–Crippen LogP) is 3.01. The zero-order valence-electron chi connectivity index (χ0n) is 13.4. The third-order valence-corrected chi connectivity index (χ3v) is 6.83. The van der Waals surface area contributed by atoms with Crippen molar-refractivity contribution in [3.63, 3.8) is 0 Å². The number of amides is 1. The number of nitrogens with zero attached hydrogens (tertiary/aromatic N) is 2. The van der Waals surface area contributed by atoms with E-state index in [9.17, 15) is 13.2 Å². The maximum Gasteiger partial charge on any atom is 0.244 e. The van der Waals surface area contributed by atoms with Crippen LogP contribution in [0.4, 0.5) is 5.13 Å². The lowest BCUT2D eigenvalue weighted by atomic mass is 10.0. The van der Waals surface area contributed by atoms with E-state index in [-0.39, 0.29) is 5.91 Å². The Hall–Kier alpha value is -1.22. The highest BCUT2D eigenvalue weighted by molar-refractivity contribution is 7.88. The van der Waals surface area contributed by atoms with Crippen LogP contribution in [0.5, 0.6) is 0 Å². The van der Waals surface area contributed by atoms with Crippen LogP contribution in [0.2, 0.25) is 5.02 Å². The fraction of sp³-hybridized carbons (Fsp3) is 0.467. The van der Waals surface area contributed by atoms with Gasteiger partial charge in [0.2, 0.25) is 15.9 Å². The molecule has 1 atom stereocenters. The minimum Gasteiger partial charge on any atom is -0.301 e. The first-order valence-electron chi connectivity index (χ1n) is 7.60. The summed E-state index contributed by atoms with van der Waals surface area (Å²) in [7, 11) is -3.42. The van der Waals surface area contributed by atoms with Gasteiger partial charge in [-0.15, -0.1) is 0 Å². The third kappa shape index (κ3) is 3.42. The summed E-state index contributed by atoms with van der Waals surface area (Å²) in [6.45, 7) is 2.30. The van der Waals surface area contributed by atoms with Gasteiger partial charge in [-0.05, 0) is 31.4 Å². The number of sulfonamides is 1. The number of hydrogen-bond donors (Lipinski definition) is 1. The standard InChI is InChI=1S/C15H18ClN3O3S2/c1-9-6-7-10(16)13-12(9)17-15(23-13)18-14(20)11-5-3-4-8-19(11)24(2,21)22/h6-7,11H,3-5,8H2,1-2H3,(H,17,18,20)/t11-/m0/s1. The van der Waals surface area contributed by atoms with Crippen molar-refractivity contribution in [3.05, 3.63) is 22.7 Å². The number of carbonyl (C=O) groups is 1. The molecule has 24 heavy (non-hydrogen) atoms. The van der Waals surface area contributed by atoms with Gasteiger partial charge in [0, 0.05) is 6.54 Å². The lowest BCUT2D eigenvalue weighted by Crippen LogP contribution is -2.49. The molecule has 0 saturated carbocycles. The van der Waals surface area contributed by atoms with Gasteiger partial charge in [-0.2, -0.15) is 4.31 Å². The molecule has 0 spiro atoms. The van der Waals surface area contributed by atoms with E-state index < -0.39 is 16.1 Å². The van der Waals surface area contributed by atoms with Gasteiger partial charge in [-0.1, -0.05) is 35.4 Å². The minimum atomic E-state index is -3.42. The Balaban J connectivity index is 1.86. The Morgan fingerprint density at radius 2 is 2.17 bits per heavy atom. The molecular formula is C15H18ClN3O3S2. The van der Waals surface area contributed by atoms with Crippen LogP contribution < -0.4 is 5.32 Å². The van der Waals surface area contributed by atoms with Crippen LogP contribution in [0, 0.1) is 6.92 Å². The summed E-state index contributed by atoms with van der Waals surface area (Å²) in [4.78, 5) is 17.0. The van der Waals surface area contributed by atoms with E-state index in [1.165, 1.54) is 15.6 Å². The number of nitrogens with one attached hydrogen (secondary N) is 1. The summed E-state index contributed by atoms with van der Waals surface area (Å²) >= 11 is 7.48. The Morgan fingerprint density at radius 3 is 2.83 bits per heavy atom. The molecule has 6 nitrogen and oxygen atoms in total. The largest absolute Gasteiger partial charge is 0.301 e. The van der Waals surface area contributed by atoms with Gasteiger partial charge in [0.25, 0.3) is 0 Å². The molecule has 0 bridgehead atoms. The van der Waals surface area contributed by atoms with Gasteiger partial charge in [-0.3, -0.25) is 4.79 Å². The molecule has 1 saturated heterocycles. The number of aromatic nitrogens is 1. The number of rotatable bonds is 3. The molecule has 1 aromatic carbocycles. The van der Waals surface area contributed by atoms with Gasteiger partial charge >= 0.3 is 0 Å². The van der Waals surface area contributed by atoms with Gasteiger partial charge in [0.1, 0.15) is 6.04 Å². The molecule has 3 rings (SSSR count). The predicted molar refractivity (Wildman–Crippen MR) is 97.2 cm³/mol. The highest BCUT2D eigenvalue weighted by atomic mass is 35.5. The number of benzene rings is 1. The van der Waals surface area contributed by atoms with Crippen molar-refractivity contribution in [1.29, 1.82) is 0 Å². The van der Waals surface area contributed by atoms with Crippen molar-refractivity contribution in [2.75, 3.05) is 18.1 Å². The summed E-state index contributed by atoms with van der Waals surface area (Å²) in [5.74, 6) is -0.340. The average molecular weight is 388 g/mol. The van der Waals surface area contributed by atoms with E-state index in [0.29, 0.717) is 23.1 Å². The van der Waals surface area contributed by atoms with Crippen LogP contribution in [0.25, 0.3) is 10.2 Å². The topological polar surface area (TPSA) is 79.4 Å². The highest BCUT2D eigenvalue weighted by Crippen LogP contribution is 2.34. The van der Waals surface area contributed by atoms with Gasteiger partial charge in [0.15, 0.2) is 5.13 Å². The van der Waals surface area contributed by atoms with Crippen LogP contribution in [0.15, 0.2) is 12.1 Å². The molecular weight excluding hydrogens is 370 g/mol. The Kier molecular flexibility index (Phi) is 4.83. The number of halogens is 1. The number of carbonyl (C=O) groups excluding carboxylic acids is 1. The molecule has 1 aliphatic heterocycles. The molecule has 2 aromatic rings. The zero-order valence-corrected chi connectivity index (χ0v) is 15.8. The van der Waals surface area contributed by atoms with E-state index >= 15 is 0 Å². The Bertz CT molecular complexity index is 856. The first-order valence-corrected chi connectivity index (χ1v) is 10.6. The van der Waals surface area contributed by atoms with Crippen LogP contribution in [-0.2, 0) is 14.8 Å². The zero-order chi connectivity index (χ0) is 17.5. The van der Waals surface area contributed by atoms with Gasteiger partial charge < -0.3 is 5.32 Å². The molecule has 9 heteroatoms. The summed E-state index contributed by atoms with van der Waals surface area (Å²) in [5, 5.41) is 3.78.